The lowest BCUT2D eigenvalue weighted by Crippen LogP contribution is -2.19. The highest BCUT2D eigenvalue weighted by molar-refractivity contribution is 5.28. The highest BCUT2D eigenvalue weighted by atomic mass is 16.5. The average Bonchev–Trinajstić information content (AvgIpc) is 2.18. The van der Waals surface area contributed by atoms with Gasteiger partial charge in [-0.15, -0.1) is 0 Å². The number of rotatable bonds is 6. The van der Waals surface area contributed by atoms with Crippen molar-refractivity contribution in [2.75, 3.05) is 34.3 Å². The fourth-order valence-electron chi connectivity index (χ4n) is 1.30. The van der Waals surface area contributed by atoms with E-state index in [1.807, 2.05) is 33.3 Å². The summed E-state index contributed by atoms with van der Waals surface area (Å²) in [6, 6.07) is 8.19. The minimum atomic E-state index is 0.732. The van der Waals surface area contributed by atoms with Crippen LogP contribution in [0.2, 0.25) is 0 Å². The number of nitrogens with zero attached hydrogens (tertiary/aromatic N) is 1. The molecule has 15 heavy (non-hydrogen) atoms. The molecule has 3 heteroatoms. The van der Waals surface area contributed by atoms with Crippen LogP contribution in [0.3, 0.4) is 0 Å². The van der Waals surface area contributed by atoms with E-state index in [2.05, 4.69) is 22.3 Å². The summed E-state index contributed by atoms with van der Waals surface area (Å²) in [5.41, 5.74) is 1.25. The second-order valence-electron chi connectivity index (χ2n) is 3.83. The van der Waals surface area contributed by atoms with E-state index in [0.717, 1.165) is 25.4 Å². The van der Waals surface area contributed by atoms with Gasteiger partial charge in [0.05, 0.1) is 0 Å². The van der Waals surface area contributed by atoms with Crippen molar-refractivity contribution in [3.8, 4) is 5.75 Å². The lowest BCUT2D eigenvalue weighted by Gasteiger charge is -2.11. The fourth-order valence-corrected chi connectivity index (χ4v) is 1.30. The standard InChI is InChI=1S/C12H20N2O/c1-13-10-11-5-4-6-12(9-11)15-8-7-14(2)3/h4-6,9,13H,7-8,10H2,1-3H3. The first kappa shape index (κ1) is 12.0. The quantitative estimate of drug-likeness (QED) is 0.763. The van der Waals surface area contributed by atoms with E-state index in [4.69, 9.17) is 4.74 Å². The van der Waals surface area contributed by atoms with Gasteiger partial charge in [0, 0.05) is 13.1 Å². The first-order valence-electron chi connectivity index (χ1n) is 5.23. The molecule has 0 unspecified atom stereocenters. The molecule has 1 aromatic carbocycles. The highest BCUT2D eigenvalue weighted by Crippen LogP contribution is 2.12. The van der Waals surface area contributed by atoms with Crippen molar-refractivity contribution in [1.29, 1.82) is 0 Å². The lowest BCUT2D eigenvalue weighted by atomic mass is 10.2. The molecule has 0 saturated carbocycles. The monoisotopic (exact) mass is 208 g/mol. The van der Waals surface area contributed by atoms with Gasteiger partial charge in [-0.25, -0.2) is 0 Å². The third-order valence-corrected chi connectivity index (χ3v) is 2.09. The minimum absolute atomic E-state index is 0.732. The smallest absolute Gasteiger partial charge is 0.119 e. The molecule has 0 aliphatic rings. The first-order valence-corrected chi connectivity index (χ1v) is 5.23. The number of nitrogens with one attached hydrogen (secondary N) is 1. The summed E-state index contributed by atoms with van der Waals surface area (Å²) < 4.78 is 5.63. The van der Waals surface area contributed by atoms with E-state index in [0.29, 0.717) is 0 Å². The van der Waals surface area contributed by atoms with Crippen LogP contribution in [0.15, 0.2) is 24.3 Å². The van der Waals surface area contributed by atoms with E-state index >= 15 is 0 Å². The summed E-state index contributed by atoms with van der Waals surface area (Å²) in [5, 5.41) is 3.12. The fraction of sp³-hybridized carbons (Fsp3) is 0.500. The highest BCUT2D eigenvalue weighted by Gasteiger charge is 1.96. The van der Waals surface area contributed by atoms with Gasteiger partial charge in [-0.05, 0) is 38.8 Å². The second-order valence-corrected chi connectivity index (χ2v) is 3.83. The molecule has 0 fully saturated rings. The molecule has 84 valence electrons. The molecule has 1 N–H and O–H groups in total. The predicted octanol–water partition coefficient (Wildman–Crippen LogP) is 1.35. The molecule has 1 rings (SSSR count). The Morgan fingerprint density at radius 2 is 2.13 bits per heavy atom. The zero-order chi connectivity index (χ0) is 11.1. The summed E-state index contributed by atoms with van der Waals surface area (Å²) in [6.45, 7) is 2.55. The van der Waals surface area contributed by atoms with E-state index in [9.17, 15) is 0 Å². The van der Waals surface area contributed by atoms with Gasteiger partial charge in [-0.1, -0.05) is 12.1 Å². The summed E-state index contributed by atoms with van der Waals surface area (Å²) in [5.74, 6) is 0.949. The van der Waals surface area contributed by atoms with Gasteiger partial charge in [0.2, 0.25) is 0 Å². The molecule has 0 heterocycles. The molecule has 3 nitrogen and oxygen atoms in total. The number of hydrogen-bond acceptors (Lipinski definition) is 3. The van der Waals surface area contributed by atoms with Crippen molar-refractivity contribution >= 4 is 0 Å². The molecule has 0 atom stereocenters. The Bertz CT molecular complexity index is 287. The third kappa shape index (κ3) is 4.81. The van der Waals surface area contributed by atoms with Gasteiger partial charge >= 0.3 is 0 Å². The lowest BCUT2D eigenvalue weighted by molar-refractivity contribution is 0.261. The Kier molecular flexibility index (Phi) is 5.15. The molecular formula is C12H20N2O. The van der Waals surface area contributed by atoms with E-state index in [1.165, 1.54) is 5.56 Å². The molecule has 0 amide bonds. The van der Waals surface area contributed by atoms with E-state index in [-0.39, 0.29) is 0 Å². The van der Waals surface area contributed by atoms with Crippen LogP contribution in [0.25, 0.3) is 0 Å². The number of likely N-dealkylation sites (N-methyl/N-ethyl adjacent to an activating group) is 1. The van der Waals surface area contributed by atoms with Crippen molar-refractivity contribution in [2.24, 2.45) is 0 Å². The Morgan fingerprint density at radius 1 is 1.33 bits per heavy atom. The van der Waals surface area contributed by atoms with Gasteiger partial charge in [-0.3, -0.25) is 0 Å². The van der Waals surface area contributed by atoms with Gasteiger partial charge < -0.3 is 15.0 Å². The number of benzene rings is 1. The average molecular weight is 208 g/mol. The van der Waals surface area contributed by atoms with Gasteiger partial charge in [0.1, 0.15) is 12.4 Å². The zero-order valence-corrected chi connectivity index (χ0v) is 9.79. The topological polar surface area (TPSA) is 24.5 Å². The first-order chi connectivity index (χ1) is 7.22. The van der Waals surface area contributed by atoms with Crippen LogP contribution in [-0.4, -0.2) is 39.2 Å². The van der Waals surface area contributed by atoms with Crippen LogP contribution >= 0.6 is 0 Å². The Labute approximate surface area is 92.0 Å². The van der Waals surface area contributed by atoms with Crippen LogP contribution < -0.4 is 10.1 Å². The van der Waals surface area contributed by atoms with Crippen molar-refractivity contribution in [2.45, 2.75) is 6.54 Å². The summed E-state index contributed by atoms with van der Waals surface area (Å²) >= 11 is 0. The van der Waals surface area contributed by atoms with Crippen LogP contribution in [0.4, 0.5) is 0 Å². The maximum absolute atomic E-state index is 5.63. The van der Waals surface area contributed by atoms with Crippen molar-refractivity contribution in [3.05, 3.63) is 29.8 Å². The van der Waals surface area contributed by atoms with Crippen molar-refractivity contribution < 1.29 is 4.74 Å². The molecule has 0 radical (unpaired) electrons. The van der Waals surface area contributed by atoms with Crippen molar-refractivity contribution in [3.63, 3.8) is 0 Å². The van der Waals surface area contributed by atoms with Gasteiger partial charge in [0.15, 0.2) is 0 Å². The minimum Gasteiger partial charge on any atom is -0.492 e. The molecule has 0 aliphatic carbocycles. The van der Waals surface area contributed by atoms with Gasteiger partial charge in [-0.2, -0.15) is 0 Å². The normalized spacial score (nSPS) is 10.7. The predicted molar refractivity (Wildman–Crippen MR) is 63.3 cm³/mol. The van der Waals surface area contributed by atoms with Crippen molar-refractivity contribution in [1.82, 2.24) is 10.2 Å². The largest absolute Gasteiger partial charge is 0.492 e. The molecule has 0 aromatic heterocycles. The molecule has 0 spiro atoms. The SMILES string of the molecule is CNCc1cccc(OCCN(C)C)c1. The maximum atomic E-state index is 5.63. The van der Waals surface area contributed by atoms with E-state index < -0.39 is 0 Å². The Balaban J connectivity index is 2.43. The Hall–Kier alpha value is -1.06. The molecule has 0 aliphatic heterocycles. The zero-order valence-electron chi connectivity index (χ0n) is 9.79. The van der Waals surface area contributed by atoms with Crippen LogP contribution in [0.5, 0.6) is 5.75 Å². The summed E-state index contributed by atoms with van der Waals surface area (Å²) in [4.78, 5) is 2.11. The van der Waals surface area contributed by atoms with Crippen LogP contribution in [0, 0.1) is 0 Å². The summed E-state index contributed by atoms with van der Waals surface area (Å²) in [6.07, 6.45) is 0. The maximum Gasteiger partial charge on any atom is 0.119 e. The van der Waals surface area contributed by atoms with Crippen LogP contribution in [0.1, 0.15) is 5.56 Å². The number of ether oxygens (including phenoxy) is 1. The molecule has 1 aromatic rings. The second kappa shape index (κ2) is 6.43. The molecular weight excluding hydrogens is 188 g/mol. The Morgan fingerprint density at radius 3 is 2.80 bits per heavy atom. The third-order valence-electron chi connectivity index (χ3n) is 2.09. The molecule has 0 saturated heterocycles. The van der Waals surface area contributed by atoms with E-state index in [1.54, 1.807) is 0 Å². The van der Waals surface area contributed by atoms with Gasteiger partial charge in [0.25, 0.3) is 0 Å². The summed E-state index contributed by atoms with van der Waals surface area (Å²) in [7, 11) is 6.03. The molecule has 0 bridgehead atoms. The van der Waals surface area contributed by atoms with Crippen LogP contribution in [-0.2, 0) is 6.54 Å². The number of hydrogen-bond donors (Lipinski definition) is 1.